The van der Waals surface area contributed by atoms with Crippen molar-refractivity contribution in [3.05, 3.63) is 204 Å². The number of aryl methyl sites for hydroxylation is 4. The highest BCUT2D eigenvalue weighted by molar-refractivity contribution is 6.29. The topological polar surface area (TPSA) is 15.3 Å². The van der Waals surface area contributed by atoms with Crippen LogP contribution in [0, 0.1) is 27.7 Å². The van der Waals surface area contributed by atoms with E-state index in [1.54, 1.807) is 0 Å². The second kappa shape index (κ2) is 12.8. The molecule has 0 aliphatic carbocycles. The van der Waals surface area contributed by atoms with Gasteiger partial charge in [-0.2, -0.15) is 0 Å². The molecule has 4 heteroatoms. The number of aromatic nitrogens is 2. The van der Waals surface area contributed by atoms with E-state index in [9.17, 15) is 0 Å². The van der Waals surface area contributed by atoms with E-state index in [1.807, 2.05) is 0 Å². The van der Waals surface area contributed by atoms with Crippen molar-refractivity contribution in [2.45, 2.75) is 27.7 Å². The summed E-state index contributed by atoms with van der Waals surface area (Å²) in [5.41, 5.74) is 19.5. The van der Waals surface area contributed by atoms with Crippen LogP contribution in [0.1, 0.15) is 22.3 Å². The highest BCUT2D eigenvalue weighted by Crippen LogP contribution is 2.47. The van der Waals surface area contributed by atoms with Gasteiger partial charge in [0, 0.05) is 77.2 Å². The van der Waals surface area contributed by atoms with E-state index < -0.39 is 0 Å². The van der Waals surface area contributed by atoms with Crippen LogP contribution in [0.4, 0.5) is 34.1 Å². The lowest BCUT2D eigenvalue weighted by molar-refractivity contribution is 1.25. The van der Waals surface area contributed by atoms with Crippen molar-refractivity contribution >= 4 is 110 Å². The van der Waals surface area contributed by atoms with Gasteiger partial charge < -0.3 is 18.6 Å². The van der Waals surface area contributed by atoms with E-state index in [1.165, 1.54) is 98.4 Å². The lowest BCUT2D eigenvalue weighted by Gasteiger charge is -2.26. The average molecular weight is 795 g/mol. The molecule has 0 aliphatic heterocycles. The number of para-hydroxylation sites is 4. The number of fused-ring (bicyclic) bond motifs is 12. The van der Waals surface area contributed by atoms with Crippen LogP contribution in [0.2, 0.25) is 0 Å². The molecule has 62 heavy (non-hydrogen) atoms. The Bertz CT molecular complexity index is 3650. The fourth-order valence-corrected chi connectivity index (χ4v) is 10.5. The molecule has 9 aromatic carbocycles. The molecule has 0 saturated carbocycles. The zero-order chi connectivity index (χ0) is 41.4. The van der Waals surface area contributed by atoms with Gasteiger partial charge in [-0.05, 0) is 135 Å². The van der Waals surface area contributed by atoms with Crippen LogP contribution in [0.5, 0.6) is 0 Å². The van der Waals surface area contributed by atoms with Crippen molar-refractivity contribution in [1.29, 1.82) is 0 Å². The summed E-state index contributed by atoms with van der Waals surface area (Å²) in [5, 5.41) is 10.2. The minimum absolute atomic E-state index is 1.13. The fourth-order valence-electron chi connectivity index (χ4n) is 10.5. The number of benzene rings is 9. The molecule has 0 radical (unpaired) electrons. The SMILES string of the molecule is Cc1ccc(N(c2ccccc2)c2ccc3c4cccc5c6cc7c(cc6n(c3c2)c45)c2cccc3c4ccc(N(c5ccccc5)c5ccc(C)c(C)c5)cc4n7c32)cc1C. The van der Waals surface area contributed by atoms with E-state index in [0.717, 1.165) is 34.1 Å². The van der Waals surface area contributed by atoms with Crippen LogP contribution < -0.4 is 9.80 Å². The average Bonchev–Trinajstić information content (AvgIpc) is 4.02. The summed E-state index contributed by atoms with van der Waals surface area (Å²) in [4.78, 5) is 4.78. The highest BCUT2D eigenvalue weighted by atomic mass is 15.1. The van der Waals surface area contributed by atoms with Gasteiger partial charge in [0.2, 0.25) is 0 Å². The molecule has 0 amide bonds. The third-order valence-corrected chi connectivity index (χ3v) is 13.8. The second-order valence-corrected chi connectivity index (χ2v) is 17.2. The molecule has 0 N–H and O–H groups in total. The summed E-state index contributed by atoms with van der Waals surface area (Å²) in [5.74, 6) is 0. The normalized spacial score (nSPS) is 12.2. The molecule has 13 aromatic rings. The lowest BCUT2D eigenvalue weighted by atomic mass is 10.0. The lowest BCUT2D eigenvalue weighted by Crippen LogP contribution is -2.10. The monoisotopic (exact) mass is 794 g/mol. The Morgan fingerprint density at radius 3 is 1.02 bits per heavy atom. The molecule has 4 aromatic heterocycles. The quantitative estimate of drug-likeness (QED) is 0.167. The van der Waals surface area contributed by atoms with Crippen molar-refractivity contribution in [2.24, 2.45) is 0 Å². The van der Waals surface area contributed by atoms with Gasteiger partial charge in [-0.25, -0.2) is 0 Å². The molecule has 294 valence electrons. The predicted octanol–water partition coefficient (Wildman–Crippen LogP) is 16.2. The van der Waals surface area contributed by atoms with E-state index in [-0.39, 0.29) is 0 Å². The Labute approximate surface area is 359 Å². The van der Waals surface area contributed by atoms with Gasteiger partial charge in [0.1, 0.15) is 0 Å². The number of rotatable bonds is 6. The van der Waals surface area contributed by atoms with Crippen molar-refractivity contribution < 1.29 is 0 Å². The molecule has 0 unspecified atom stereocenters. The largest absolute Gasteiger partial charge is 0.310 e. The minimum Gasteiger partial charge on any atom is -0.310 e. The first-order chi connectivity index (χ1) is 30.4. The molecule has 0 fully saturated rings. The van der Waals surface area contributed by atoms with Gasteiger partial charge in [-0.3, -0.25) is 0 Å². The standard InChI is InChI=1S/C58H42N4/c1-35-21-23-41(29-37(35)3)59(39-13-7-5-8-14-39)43-25-27-45-47-17-11-19-49-51-34-56-52(33-55(51)61(57(47)49)53(45)31-43)50-20-12-18-48-46-28-26-44(32-54(46)62(56)58(48)50)60(40-15-9-6-10-16-40)42-24-22-36(2)38(4)30-42/h5-34H,1-4H3. The van der Waals surface area contributed by atoms with Gasteiger partial charge in [-0.1, -0.05) is 97.1 Å². The summed E-state index contributed by atoms with van der Waals surface area (Å²) in [6, 6.07) is 67.7. The van der Waals surface area contributed by atoms with Crippen LogP contribution >= 0.6 is 0 Å². The zero-order valence-electron chi connectivity index (χ0n) is 35.1. The first-order valence-electron chi connectivity index (χ1n) is 21.6. The van der Waals surface area contributed by atoms with Gasteiger partial charge in [0.15, 0.2) is 0 Å². The molecule has 4 heterocycles. The molecule has 0 bridgehead atoms. The third kappa shape index (κ3) is 4.83. The molecular weight excluding hydrogens is 753 g/mol. The van der Waals surface area contributed by atoms with E-state index in [4.69, 9.17) is 0 Å². The van der Waals surface area contributed by atoms with Gasteiger partial charge in [0.05, 0.1) is 33.1 Å². The number of anilines is 6. The van der Waals surface area contributed by atoms with Crippen LogP contribution in [0.25, 0.3) is 76.2 Å². The molecule has 0 saturated heterocycles. The van der Waals surface area contributed by atoms with Crippen LogP contribution in [0.15, 0.2) is 182 Å². The third-order valence-electron chi connectivity index (χ3n) is 13.8. The maximum Gasteiger partial charge on any atom is 0.0620 e. The Morgan fingerprint density at radius 1 is 0.258 bits per heavy atom. The minimum atomic E-state index is 1.13. The summed E-state index contributed by atoms with van der Waals surface area (Å²) in [7, 11) is 0. The zero-order valence-corrected chi connectivity index (χ0v) is 35.1. The van der Waals surface area contributed by atoms with E-state index >= 15 is 0 Å². The van der Waals surface area contributed by atoms with E-state index in [2.05, 4.69) is 228 Å². The van der Waals surface area contributed by atoms with Gasteiger partial charge in [-0.15, -0.1) is 0 Å². The molecule has 4 nitrogen and oxygen atoms in total. The van der Waals surface area contributed by atoms with Crippen LogP contribution in [-0.4, -0.2) is 8.80 Å². The van der Waals surface area contributed by atoms with Crippen molar-refractivity contribution in [3.8, 4) is 0 Å². The molecule has 0 aliphatic rings. The first kappa shape index (κ1) is 35.0. The smallest absolute Gasteiger partial charge is 0.0620 e. The Kier molecular flexibility index (Phi) is 7.25. The Morgan fingerprint density at radius 2 is 0.613 bits per heavy atom. The van der Waals surface area contributed by atoms with E-state index in [0.29, 0.717) is 0 Å². The molecule has 0 atom stereocenters. The van der Waals surface area contributed by atoms with Crippen molar-refractivity contribution in [3.63, 3.8) is 0 Å². The maximum absolute atomic E-state index is 2.54. The maximum atomic E-state index is 2.54. The van der Waals surface area contributed by atoms with Gasteiger partial charge in [0.25, 0.3) is 0 Å². The number of hydrogen-bond acceptors (Lipinski definition) is 2. The Balaban J connectivity index is 1.07. The predicted molar refractivity (Wildman–Crippen MR) is 264 cm³/mol. The first-order valence-corrected chi connectivity index (χ1v) is 21.6. The van der Waals surface area contributed by atoms with Crippen molar-refractivity contribution in [1.82, 2.24) is 8.80 Å². The summed E-state index contributed by atoms with van der Waals surface area (Å²) in [6.07, 6.45) is 0. The van der Waals surface area contributed by atoms with Crippen LogP contribution in [-0.2, 0) is 0 Å². The molecule has 13 rings (SSSR count). The summed E-state index contributed by atoms with van der Waals surface area (Å²) >= 11 is 0. The second-order valence-electron chi connectivity index (χ2n) is 17.2. The molecular formula is C58H42N4. The van der Waals surface area contributed by atoms with Crippen molar-refractivity contribution in [2.75, 3.05) is 9.80 Å². The summed E-state index contributed by atoms with van der Waals surface area (Å²) < 4.78 is 5.07. The van der Waals surface area contributed by atoms with Crippen LogP contribution in [0.3, 0.4) is 0 Å². The highest BCUT2D eigenvalue weighted by Gasteiger charge is 2.24. The fraction of sp³-hybridized carbons (Fsp3) is 0.0690. The Hall–Kier alpha value is -7.82. The summed E-state index contributed by atoms with van der Waals surface area (Å²) in [6.45, 7) is 8.77. The molecule has 0 spiro atoms. The number of hydrogen-bond donors (Lipinski definition) is 0. The van der Waals surface area contributed by atoms with Gasteiger partial charge >= 0.3 is 0 Å². The number of nitrogens with zero attached hydrogens (tertiary/aromatic N) is 4.